The maximum Gasteiger partial charge on any atom is 0.255 e. The van der Waals surface area contributed by atoms with Crippen LogP contribution in [0.4, 0.5) is 0 Å². The molecule has 28 heavy (non-hydrogen) atoms. The number of hydrogen-bond donors (Lipinski definition) is 1. The molecule has 0 unspecified atom stereocenters. The summed E-state index contributed by atoms with van der Waals surface area (Å²) < 4.78 is 17.6. The monoisotopic (exact) mass is 381 g/mol. The van der Waals surface area contributed by atoms with Gasteiger partial charge in [0.25, 0.3) is 5.91 Å². The van der Waals surface area contributed by atoms with Crippen molar-refractivity contribution in [2.24, 2.45) is 0 Å². The van der Waals surface area contributed by atoms with Crippen LogP contribution in [0.1, 0.15) is 15.9 Å². The van der Waals surface area contributed by atoms with Gasteiger partial charge in [-0.25, -0.2) is 4.68 Å². The number of para-hydroxylation sites is 1. The van der Waals surface area contributed by atoms with Crippen LogP contribution >= 0.6 is 0 Å². The summed E-state index contributed by atoms with van der Waals surface area (Å²) in [5.41, 5.74) is 2.41. The molecule has 0 aliphatic rings. The first-order valence-electron chi connectivity index (χ1n) is 8.83. The summed E-state index contributed by atoms with van der Waals surface area (Å²) in [7, 11) is 4.57. The van der Waals surface area contributed by atoms with Crippen molar-refractivity contribution < 1.29 is 19.0 Å². The van der Waals surface area contributed by atoms with E-state index in [1.54, 1.807) is 18.3 Å². The molecule has 7 nitrogen and oxygen atoms in total. The fourth-order valence-electron chi connectivity index (χ4n) is 2.83. The minimum absolute atomic E-state index is 0.242. The van der Waals surface area contributed by atoms with Crippen LogP contribution in [0.2, 0.25) is 0 Å². The predicted molar refractivity (Wildman–Crippen MR) is 106 cm³/mol. The van der Waals surface area contributed by atoms with E-state index in [1.165, 1.54) is 21.3 Å². The normalized spacial score (nSPS) is 10.4. The third-order valence-corrected chi connectivity index (χ3v) is 4.31. The highest BCUT2D eigenvalue weighted by molar-refractivity contribution is 5.97. The molecule has 0 aliphatic carbocycles. The molecule has 0 bridgehead atoms. The van der Waals surface area contributed by atoms with Gasteiger partial charge in [-0.05, 0) is 24.1 Å². The number of aromatic nitrogens is 2. The van der Waals surface area contributed by atoms with Crippen LogP contribution in [-0.4, -0.2) is 43.6 Å². The zero-order valence-electron chi connectivity index (χ0n) is 16.1. The van der Waals surface area contributed by atoms with E-state index >= 15 is 0 Å². The predicted octanol–water partition coefficient (Wildman–Crippen LogP) is 2.87. The van der Waals surface area contributed by atoms with Crippen molar-refractivity contribution in [3.8, 4) is 22.9 Å². The molecule has 0 spiro atoms. The van der Waals surface area contributed by atoms with Crippen molar-refractivity contribution in [1.29, 1.82) is 0 Å². The van der Waals surface area contributed by atoms with Crippen molar-refractivity contribution in [2.45, 2.75) is 6.42 Å². The van der Waals surface area contributed by atoms with E-state index < -0.39 is 0 Å². The Morgan fingerprint density at radius 3 is 2.36 bits per heavy atom. The molecule has 146 valence electrons. The molecule has 1 amide bonds. The molecule has 3 aromatic rings. The second kappa shape index (κ2) is 8.94. The molecular formula is C21H23N3O4. The van der Waals surface area contributed by atoms with Crippen molar-refractivity contribution in [1.82, 2.24) is 15.1 Å². The second-order valence-corrected chi connectivity index (χ2v) is 6.04. The van der Waals surface area contributed by atoms with Crippen LogP contribution < -0.4 is 19.5 Å². The first kappa shape index (κ1) is 19.3. The van der Waals surface area contributed by atoms with Crippen LogP contribution in [0.3, 0.4) is 0 Å². The highest BCUT2D eigenvalue weighted by atomic mass is 16.5. The Morgan fingerprint density at radius 2 is 1.68 bits per heavy atom. The molecule has 0 saturated heterocycles. The number of carbonyl (C=O) groups excluding carboxylic acids is 1. The molecule has 0 radical (unpaired) electrons. The van der Waals surface area contributed by atoms with Gasteiger partial charge in [0.15, 0.2) is 11.5 Å². The smallest absolute Gasteiger partial charge is 0.255 e. The van der Waals surface area contributed by atoms with Crippen LogP contribution in [-0.2, 0) is 6.42 Å². The summed E-state index contributed by atoms with van der Waals surface area (Å²) in [5.74, 6) is 1.15. The fourth-order valence-corrected chi connectivity index (χ4v) is 2.83. The molecule has 7 heteroatoms. The quantitative estimate of drug-likeness (QED) is 0.649. The number of nitrogens with zero attached hydrogens (tertiary/aromatic N) is 2. The molecule has 0 fully saturated rings. The summed E-state index contributed by atoms with van der Waals surface area (Å²) in [4.78, 5) is 12.6. The molecule has 2 aromatic carbocycles. The zero-order valence-corrected chi connectivity index (χ0v) is 16.1. The van der Waals surface area contributed by atoms with Gasteiger partial charge >= 0.3 is 0 Å². The number of methoxy groups -OCH3 is 3. The van der Waals surface area contributed by atoms with Gasteiger partial charge in [-0.2, -0.15) is 5.10 Å². The minimum Gasteiger partial charge on any atom is -0.496 e. The van der Waals surface area contributed by atoms with Gasteiger partial charge < -0.3 is 19.5 Å². The van der Waals surface area contributed by atoms with E-state index in [-0.39, 0.29) is 5.91 Å². The lowest BCUT2D eigenvalue weighted by Crippen LogP contribution is -2.26. The topological polar surface area (TPSA) is 74.6 Å². The third kappa shape index (κ3) is 4.25. The number of ether oxygens (including phenoxy) is 3. The van der Waals surface area contributed by atoms with Gasteiger partial charge in [-0.3, -0.25) is 4.79 Å². The largest absolute Gasteiger partial charge is 0.496 e. The van der Waals surface area contributed by atoms with E-state index in [1.807, 2.05) is 41.2 Å². The van der Waals surface area contributed by atoms with Crippen molar-refractivity contribution in [3.63, 3.8) is 0 Å². The van der Waals surface area contributed by atoms with Gasteiger partial charge in [0, 0.05) is 24.9 Å². The van der Waals surface area contributed by atoms with Gasteiger partial charge in [-0.15, -0.1) is 0 Å². The summed E-state index contributed by atoms with van der Waals surface area (Å²) in [5, 5.41) is 7.27. The number of benzene rings is 2. The van der Waals surface area contributed by atoms with Crippen molar-refractivity contribution in [3.05, 3.63) is 66.0 Å². The van der Waals surface area contributed by atoms with Gasteiger partial charge in [0.1, 0.15) is 5.75 Å². The Hall–Kier alpha value is -3.48. The maximum absolute atomic E-state index is 12.6. The number of amides is 1. The van der Waals surface area contributed by atoms with Gasteiger partial charge in [-0.1, -0.05) is 18.2 Å². The first-order valence-corrected chi connectivity index (χ1v) is 8.83. The number of carbonyl (C=O) groups is 1. The summed E-state index contributed by atoms with van der Waals surface area (Å²) in [6, 6.07) is 13.1. The number of rotatable bonds is 8. The average molecular weight is 381 g/mol. The SMILES string of the molecule is COc1cc(OC)c(C(=O)NCCc2cnn(-c3ccccc3)c2)cc1OC. The highest BCUT2D eigenvalue weighted by Gasteiger charge is 2.17. The van der Waals surface area contributed by atoms with Crippen molar-refractivity contribution in [2.75, 3.05) is 27.9 Å². The van der Waals surface area contributed by atoms with Crippen LogP contribution in [0.25, 0.3) is 5.69 Å². The highest BCUT2D eigenvalue weighted by Crippen LogP contribution is 2.34. The number of nitrogens with one attached hydrogen (secondary N) is 1. The second-order valence-electron chi connectivity index (χ2n) is 6.04. The lowest BCUT2D eigenvalue weighted by atomic mass is 10.1. The van der Waals surface area contributed by atoms with Crippen molar-refractivity contribution >= 4 is 5.91 Å². The fraction of sp³-hybridized carbons (Fsp3) is 0.238. The Kier molecular flexibility index (Phi) is 6.16. The molecule has 0 atom stereocenters. The van der Waals surface area contributed by atoms with E-state index in [2.05, 4.69) is 10.4 Å². The standard InChI is InChI=1S/C21H23N3O4/c1-26-18-12-20(28-3)19(27-2)11-17(18)21(25)22-10-9-15-13-23-24(14-15)16-7-5-4-6-8-16/h4-8,11-14H,9-10H2,1-3H3,(H,22,25). The minimum atomic E-state index is -0.242. The Bertz CT molecular complexity index is 938. The van der Waals surface area contributed by atoms with E-state index in [0.29, 0.717) is 35.8 Å². The van der Waals surface area contributed by atoms with Gasteiger partial charge in [0.05, 0.1) is 38.8 Å². The Labute approximate surface area is 163 Å². The summed E-state index contributed by atoms with van der Waals surface area (Å²) >= 11 is 0. The van der Waals surface area contributed by atoms with Crippen LogP contribution in [0.5, 0.6) is 17.2 Å². The third-order valence-electron chi connectivity index (χ3n) is 4.31. The molecule has 0 saturated carbocycles. The maximum atomic E-state index is 12.6. The van der Waals surface area contributed by atoms with Crippen LogP contribution in [0, 0.1) is 0 Å². The first-order chi connectivity index (χ1) is 13.7. The molecule has 1 N–H and O–H groups in total. The average Bonchev–Trinajstić information content (AvgIpc) is 3.22. The van der Waals surface area contributed by atoms with E-state index in [4.69, 9.17) is 14.2 Å². The van der Waals surface area contributed by atoms with Gasteiger partial charge in [0.2, 0.25) is 0 Å². The lowest BCUT2D eigenvalue weighted by molar-refractivity contribution is 0.0950. The number of hydrogen-bond acceptors (Lipinski definition) is 5. The summed E-state index contributed by atoms with van der Waals surface area (Å²) in [6.07, 6.45) is 4.42. The Morgan fingerprint density at radius 1 is 1.00 bits per heavy atom. The van der Waals surface area contributed by atoms with E-state index in [0.717, 1.165) is 11.3 Å². The molecule has 1 heterocycles. The molecule has 1 aromatic heterocycles. The zero-order chi connectivity index (χ0) is 19.9. The lowest BCUT2D eigenvalue weighted by Gasteiger charge is -2.14. The summed E-state index contributed by atoms with van der Waals surface area (Å²) in [6.45, 7) is 0.469. The van der Waals surface area contributed by atoms with E-state index in [9.17, 15) is 4.79 Å². The molecular weight excluding hydrogens is 358 g/mol. The molecule has 3 rings (SSSR count). The Balaban J connectivity index is 1.64. The van der Waals surface area contributed by atoms with Crippen LogP contribution in [0.15, 0.2) is 54.9 Å². The molecule has 0 aliphatic heterocycles.